The van der Waals surface area contributed by atoms with Gasteiger partial charge in [-0.25, -0.2) is 4.39 Å². The van der Waals surface area contributed by atoms with Crippen LogP contribution in [0.4, 0.5) is 17.6 Å². The van der Waals surface area contributed by atoms with Crippen molar-refractivity contribution in [3.63, 3.8) is 0 Å². The number of amides is 1. The van der Waals surface area contributed by atoms with Crippen molar-refractivity contribution in [3.8, 4) is 5.75 Å². The van der Waals surface area contributed by atoms with Crippen molar-refractivity contribution in [2.24, 2.45) is 5.92 Å². The molecule has 5 nitrogen and oxygen atoms in total. The smallest absolute Gasteiger partial charge is 0.422 e. The van der Waals surface area contributed by atoms with Crippen LogP contribution in [0.1, 0.15) is 24.8 Å². The normalized spacial score (nSPS) is 19.6. The molecule has 2 aliphatic rings. The topological polar surface area (TPSA) is 42.0 Å². The molecule has 0 N–H and O–H groups in total. The van der Waals surface area contributed by atoms with Crippen LogP contribution in [0.15, 0.2) is 18.2 Å². The molecule has 1 unspecified atom stereocenters. The summed E-state index contributed by atoms with van der Waals surface area (Å²) >= 11 is 0. The van der Waals surface area contributed by atoms with Gasteiger partial charge in [0.2, 0.25) is 5.91 Å². The van der Waals surface area contributed by atoms with E-state index in [0.29, 0.717) is 37.6 Å². The minimum absolute atomic E-state index is 0.0970. The van der Waals surface area contributed by atoms with Gasteiger partial charge >= 0.3 is 6.18 Å². The fourth-order valence-corrected chi connectivity index (χ4v) is 3.85. The van der Waals surface area contributed by atoms with Crippen LogP contribution in [0.25, 0.3) is 0 Å². The Morgan fingerprint density at radius 1 is 1.27 bits per heavy atom. The number of carbonyl (C=O) groups excluding carboxylic acids is 1. The monoisotopic (exact) mass is 432 g/mol. The van der Waals surface area contributed by atoms with E-state index < -0.39 is 24.3 Å². The molecule has 1 amide bonds. The summed E-state index contributed by atoms with van der Waals surface area (Å²) in [5.74, 6) is -0.782. The molecule has 0 bridgehead atoms. The van der Waals surface area contributed by atoms with Gasteiger partial charge in [0.05, 0.1) is 13.2 Å². The van der Waals surface area contributed by atoms with E-state index in [2.05, 4.69) is 9.64 Å². The lowest BCUT2D eigenvalue weighted by molar-refractivity contribution is -0.153. The number of hydrogen-bond donors (Lipinski definition) is 0. The molecule has 1 aromatic carbocycles. The molecule has 168 valence electrons. The van der Waals surface area contributed by atoms with Gasteiger partial charge in [0.15, 0.2) is 18.2 Å². The van der Waals surface area contributed by atoms with E-state index in [4.69, 9.17) is 4.74 Å². The maximum atomic E-state index is 13.8. The second-order valence-electron chi connectivity index (χ2n) is 7.97. The average molecular weight is 432 g/mol. The molecule has 3 rings (SSSR count). The van der Waals surface area contributed by atoms with Gasteiger partial charge in [-0.3, -0.25) is 9.69 Å². The fourth-order valence-electron chi connectivity index (χ4n) is 3.85. The fraction of sp³-hybridized carbons (Fsp3) is 0.667. The molecule has 0 aliphatic carbocycles. The van der Waals surface area contributed by atoms with Crippen LogP contribution < -0.4 is 4.74 Å². The molecule has 30 heavy (non-hydrogen) atoms. The van der Waals surface area contributed by atoms with Gasteiger partial charge in [-0.2, -0.15) is 13.2 Å². The lowest BCUT2D eigenvalue weighted by Gasteiger charge is -2.27. The molecule has 2 fully saturated rings. The second kappa shape index (κ2) is 10.4. The molecule has 1 aromatic rings. The standard InChI is InChI=1S/C21H28F4N2O3/c22-18-4-3-16(11-19(18)30-15-21(23,24)25)5-9-26(12-17-6-10-29-14-17)13-20(28)27-7-1-2-8-27/h3-4,11,17H,1-2,5-10,12-15H2. The van der Waals surface area contributed by atoms with E-state index in [1.54, 1.807) is 0 Å². The molecule has 0 aromatic heterocycles. The summed E-state index contributed by atoms with van der Waals surface area (Å²) in [5.41, 5.74) is 0.662. The minimum Gasteiger partial charge on any atom is -0.481 e. The number of carbonyl (C=O) groups is 1. The predicted octanol–water partition coefficient (Wildman–Crippen LogP) is 3.27. The molecule has 9 heteroatoms. The summed E-state index contributed by atoms with van der Waals surface area (Å²) < 4.78 is 60.9. The quantitative estimate of drug-likeness (QED) is 0.562. The number of alkyl halides is 3. The third kappa shape index (κ3) is 7.12. The lowest BCUT2D eigenvalue weighted by Crippen LogP contribution is -2.41. The Bertz CT molecular complexity index is 702. The maximum Gasteiger partial charge on any atom is 0.422 e. The van der Waals surface area contributed by atoms with Crippen molar-refractivity contribution in [3.05, 3.63) is 29.6 Å². The van der Waals surface area contributed by atoms with Gasteiger partial charge in [-0.05, 0) is 49.3 Å². The van der Waals surface area contributed by atoms with Crippen LogP contribution in [0.3, 0.4) is 0 Å². The molecule has 2 saturated heterocycles. The van der Waals surface area contributed by atoms with E-state index in [0.717, 1.165) is 51.6 Å². The van der Waals surface area contributed by atoms with E-state index in [1.807, 2.05) is 4.90 Å². The minimum atomic E-state index is -4.53. The van der Waals surface area contributed by atoms with Gasteiger partial charge in [0.25, 0.3) is 0 Å². The Balaban J connectivity index is 1.59. The summed E-state index contributed by atoms with van der Waals surface area (Å²) in [6.07, 6.45) is -1.06. The zero-order valence-electron chi connectivity index (χ0n) is 16.9. The zero-order chi connectivity index (χ0) is 21.6. The van der Waals surface area contributed by atoms with Gasteiger partial charge < -0.3 is 14.4 Å². The van der Waals surface area contributed by atoms with Crippen LogP contribution in [0.2, 0.25) is 0 Å². The highest BCUT2D eigenvalue weighted by Gasteiger charge is 2.29. The summed E-state index contributed by atoms with van der Waals surface area (Å²) in [7, 11) is 0. The molecule has 2 aliphatic heterocycles. The second-order valence-corrected chi connectivity index (χ2v) is 7.97. The Kier molecular flexibility index (Phi) is 7.93. The first-order valence-electron chi connectivity index (χ1n) is 10.4. The number of nitrogens with zero attached hydrogens (tertiary/aromatic N) is 2. The van der Waals surface area contributed by atoms with Gasteiger partial charge in [0, 0.05) is 32.8 Å². The predicted molar refractivity (Wildman–Crippen MR) is 103 cm³/mol. The number of benzene rings is 1. The summed E-state index contributed by atoms with van der Waals surface area (Å²) in [4.78, 5) is 16.5. The van der Waals surface area contributed by atoms with Crippen molar-refractivity contribution in [2.45, 2.75) is 31.9 Å². The Labute approximate surface area is 173 Å². The Morgan fingerprint density at radius 2 is 2.03 bits per heavy atom. The first-order chi connectivity index (χ1) is 14.3. The third-order valence-electron chi connectivity index (χ3n) is 5.46. The van der Waals surface area contributed by atoms with E-state index in [-0.39, 0.29) is 5.91 Å². The highest BCUT2D eigenvalue weighted by molar-refractivity contribution is 5.78. The number of rotatable bonds is 9. The molecule has 0 radical (unpaired) electrons. The highest BCUT2D eigenvalue weighted by Crippen LogP contribution is 2.23. The van der Waals surface area contributed by atoms with E-state index in [9.17, 15) is 22.4 Å². The van der Waals surface area contributed by atoms with Crippen molar-refractivity contribution in [1.29, 1.82) is 0 Å². The third-order valence-corrected chi connectivity index (χ3v) is 5.46. The number of hydrogen-bond acceptors (Lipinski definition) is 4. The van der Waals surface area contributed by atoms with Crippen molar-refractivity contribution in [2.75, 3.05) is 52.5 Å². The molecule has 0 spiro atoms. The summed E-state index contributed by atoms with van der Waals surface area (Å²) in [6.45, 7) is 2.99. The van der Waals surface area contributed by atoms with E-state index in [1.165, 1.54) is 12.1 Å². The average Bonchev–Trinajstić information content (AvgIpc) is 3.39. The maximum absolute atomic E-state index is 13.8. The molecular formula is C21H28F4N2O3. The Hall–Kier alpha value is -1.87. The van der Waals surface area contributed by atoms with Gasteiger partial charge in [0.1, 0.15) is 0 Å². The van der Waals surface area contributed by atoms with E-state index >= 15 is 0 Å². The Morgan fingerprint density at radius 3 is 2.70 bits per heavy atom. The van der Waals surface area contributed by atoms with Crippen LogP contribution in [0, 0.1) is 11.7 Å². The highest BCUT2D eigenvalue weighted by atomic mass is 19.4. The summed E-state index contributed by atoms with van der Waals surface area (Å²) in [6, 6.07) is 3.96. The molecule has 2 heterocycles. The van der Waals surface area contributed by atoms with Crippen LogP contribution in [-0.2, 0) is 16.0 Å². The van der Waals surface area contributed by atoms with Gasteiger partial charge in [-0.1, -0.05) is 6.07 Å². The van der Waals surface area contributed by atoms with Crippen LogP contribution in [0.5, 0.6) is 5.75 Å². The zero-order valence-corrected chi connectivity index (χ0v) is 16.9. The molecular weight excluding hydrogens is 404 g/mol. The largest absolute Gasteiger partial charge is 0.481 e. The lowest BCUT2D eigenvalue weighted by atomic mass is 10.1. The van der Waals surface area contributed by atoms with Crippen LogP contribution >= 0.6 is 0 Å². The number of halogens is 4. The van der Waals surface area contributed by atoms with Crippen LogP contribution in [-0.4, -0.2) is 74.4 Å². The SMILES string of the molecule is O=C(CN(CCc1ccc(F)c(OCC(F)(F)F)c1)CC1CCOC1)N1CCCC1. The first kappa shape index (κ1) is 22.8. The van der Waals surface area contributed by atoms with Gasteiger partial charge in [-0.15, -0.1) is 0 Å². The number of ether oxygens (including phenoxy) is 2. The van der Waals surface area contributed by atoms with Crippen molar-refractivity contribution < 1.29 is 31.8 Å². The molecule has 0 saturated carbocycles. The van der Waals surface area contributed by atoms with Crippen molar-refractivity contribution in [1.82, 2.24) is 9.80 Å². The summed E-state index contributed by atoms with van der Waals surface area (Å²) in [5, 5.41) is 0. The van der Waals surface area contributed by atoms with Crippen molar-refractivity contribution >= 4 is 5.91 Å². The number of likely N-dealkylation sites (tertiary alicyclic amines) is 1. The first-order valence-corrected chi connectivity index (χ1v) is 10.4. The molecule has 1 atom stereocenters.